The molecule has 1 spiro atoms. The average molecular weight is 525 g/mol. The number of carbonyl (C=O) groups excluding carboxylic acids is 3. The SMILES string of the molecule is C=CCCCOC(=O)[C@@H]1[C@H]2C(=O)N(CCCO)C(C(=O)N(CC=C)c3cc(C)ccc3C)C23CC[C@@]1(C)O3. The summed E-state index contributed by atoms with van der Waals surface area (Å²) < 4.78 is 12.3. The summed E-state index contributed by atoms with van der Waals surface area (Å²) in [5.41, 5.74) is 0.658. The molecular weight excluding hydrogens is 484 g/mol. The maximum absolute atomic E-state index is 14.5. The Balaban J connectivity index is 1.74. The predicted octanol–water partition coefficient (Wildman–Crippen LogP) is 3.48. The van der Waals surface area contributed by atoms with Gasteiger partial charge in [-0.25, -0.2) is 0 Å². The van der Waals surface area contributed by atoms with Crippen LogP contribution in [0.1, 0.15) is 50.2 Å². The van der Waals surface area contributed by atoms with Crippen LogP contribution in [0.5, 0.6) is 0 Å². The number of fused-ring (bicyclic) bond motifs is 1. The number of aryl methyl sites for hydroxylation is 2. The van der Waals surface area contributed by atoms with Crippen molar-refractivity contribution in [3.63, 3.8) is 0 Å². The Labute approximate surface area is 225 Å². The number of aliphatic hydroxyl groups excluding tert-OH is 1. The molecule has 2 unspecified atom stereocenters. The van der Waals surface area contributed by atoms with Gasteiger partial charge in [-0.2, -0.15) is 0 Å². The number of rotatable bonds is 12. The third kappa shape index (κ3) is 4.58. The first kappa shape index (κ1) is 28.0. The Morgan fingerprint density at radius 3 is 2.68 bits per heavy atom. The zero-order valence-corrected chi connectivity index (χ0v) is 22.8. The van der Waals surface area contributed by atoms with Gasteiger partial charge in [0.15, 0.2) is 0 Å². The quantitative estimate of drug-likeness (QED) is 0.256. The van der Waals surface area contributed by atoms with Gasteiger partial charge in [0.05, 0.1) is 18.1 Å². The van der Waals surface area contributed by atoms with Gasteiger partial charge in [0.2, 0.25) is 5.91 Å². The highest BCUT2D eigenvalue weighted by Crippen LogP contribution is 2.63. The van der Waals surface area contributed by atoms with E-state index in [1.807, 2.05) is 39.0 Å². The Morgan fingerprint density at radius 1 is 1.24 bits per heavy atom. The second-order valence-corrected chi connectivity index (χ2v) is 11.0. The molecule has 1 N–H and O–H groups in total. The smallest absolute Gasteiger partial charge is 0.312 e. The van der Waals surface area contributed by atoms with Crippen LogP contribution in [0.3, 0.4) is 0 Å². The summed E-state index contributed by atoms with van der Waals surface area (Å²) in [7, 11) is 0. The molecule has 8 nitrogen and oxygen atoms in total. The van der Waals surface area contributed by atoms with Crippen LogP contribution in [0.2, 0.25) is 0 Å². The average Bonchev–Trinajstić information content (AvgIpc) is 3.45. The Kier molecular flexibility index (Phi) is 8.14. The number of ether oxygens (including phenoxy) is 2. The number of anilines is 1. The van der Waals surface area contributed by atoms with Crippen LogP contribution in [0.4, 0.5) is 5.69 Å². The standard InChI is InChI=1S/C30H40N2O6/c1-6-8-9-18-37-28(36)24-23-26(34)32(16-10-17-33)25(30(23)14-13-29(24,5)38-30)27(35)31(15-7-2)22-19-20(3)11-12-21(22)4/h6-7,11-12,19,23-25,33H,1-2,8-10,13-18H2,3-5H3/t23-,24-,25?,29+,30?/m0/s1. The van der Waals surface area contributed by atoms with Crippen molar-refractivity contribution >= 4 is 23.5 Å². The zero-order valence-electron chi connectivity index (χ0n) is 22.8. The molecule has 3 heterocycles. The zero-order chi connectivity index (χ0) is 27.7. The van der Waals surface area contributed by atoms with E-state index in [0.717, 1.165) is 23.2 Å². The summed E-state index contributed by atoms with van der Waals surface area (Å²) in [6.07, 6.45) is 6.16. The second kappa shape index (κ2) is 11.0. The van der Waals surface area contributed by atoms with Gasteiger partial charge in [0, 0.05) is 25.4 Å². The van der Waals surface area contributed by atoms with Crippen LogP contribution in [0.25, 0.3) is 0 Å². The third-order valence-electron chi connectivity index (χ3n) is 8.35. The Bertz CT molecular complexity index is 1120. The van der Waals surface area contributed by atoms with Gasteiger partial charge in [-0.3, -0.25) is 14.4 Å². The van der Waals surface area contributed by atoms with Crippen molar-refractivity contribution in [2.75, 3.05) is 31.2 Å². The predicted molar refractivity (Wildman–Crippen MR) is 144 cm³/mol. The molecule has 0 aliphatic carbocycles. The number of nitrogens with zero attached hydrogens (tertiary/aromatic N) is 2. The lowest BCUT2D eigenvalue weighted by molar-refractivity contribution is -0.159. The van der Waals surface area contributed by atoms with Gasteiger partial charge >= 0.3 is 5.97 Å². The van der Waals surface area contributed by atoms with Gasteiger partial charge in [-0.05, 0) is 70.1 Å². The minimum atomic E-state index is -1.14. The molecule has 3 fully saturated rings. The first-order chi connectivity index (χ1) is 18.1. The molecule has 206 valence electrons. The van der Waals surface area contributed by atoms with Crippen LogP contribution in [-0.2, 0) is 23.9 Å². The van der Waals surface area contributed by atoms with Gasteiger partial charge in [-0.15, -0.1) is 13.2 Å². The van der Waals surface area contributed by atoms with Crippen LogP contribution >= 0.6 is 0 Å². The number of amides is 2. The monoisotopic (exact) mass is 524 g/mol. The van der Waals surface area contributed by atoms with Crippen LogP contribution in [0.15, 0.2) is 43.5 Å². The van der Waals surface area contributed by atoms with Crippen LogP contribution in [-0.4, -0.2) is 71.3 Å². The lowest BCUT2D eigenvalue weighted by Gasteiger charge is -2.37. The van der Waals surface area contributed by atoms with E-state index in [0.29, 0.717) is 25.7 Å². The molecule has 38 heavy (non-hydrogen) atoms. The molecule has 1 aromatic rings. The topological polar surface area (TPSA) is 96.4 Å². The van der Waals surface area contributed by atoms with E-state index >= 15 is 0 Å². The molecule has 2 amide bonds. The van der Waals surface area contributed by atoms with Crippen molar-refractivity contribution in [1.82, 2.24) is 4.90 Å². The number of carbonyl (C=O) groups is 3. The number of allylic oxidation sites excluding steroid dienone is 1. The molecule has 1 aromatic carbocycles. The summed E-state index contributed by atoms with van der Waals surface area (Å²) in [5, 5.41) is 9.57. The van der Waals surface area contributed by atoms with E-state index in [-0.39, 0.29) is 38.1 Å². The molecule has 3 saturated heterocycles. The first-order valence-electron chi connectivity index (χ1n) is 13.5. The van der Waals surface area contributed by atoms with Gasteiger partial charge in [-0.1, -0.05) is 24.3 Å². The van der Waals surface area contributed by atoms with Gasteiger partial charge < -0.3 is 24.4 Å². The van der Waals surface area contributed by atoms with Gasteiger partial charge in [0.25, 0.3) is 5.91 Å². The highest BCUT2D eigenvalue weighted by atomic mass is 16.6. The van der Waals surface area contributed by atoms with E-state index in [1.165, 1.54) is 4.90 Å². The summed E-state index contributed by atoms with van der Waals surface area (Å²) in [4.78, 5) is 45.1. The number of hydrogen-bond donors (Lipinski definition) is 1. The van der Waals surface area contributed by atoms with E-state index < -0.39 is 35.0 Å². The molecule has 8 heteroatoms. The van der Waals surface area contributed by atoms with Crippen molar-refractivity contribution in [2.45, 2.75) is 70.1 Å². The minimum Gasteiger partial charge on any atom is -0.465 e. The van der Waals surface area contributed by atoms with E-state index in [9.17, 15) is 19.5 Å². The van der Waals surface area contributed by atoms with Crippen molar-refractivity contribution in [2.24, 2.45) is 11.8 Å². The molecule has 3 aliphatic rings. The Morgan fingerprint density at radius 2 is 2.00 bits per heavy atom. The lowest BCUT2D eigenvalue weighted by Crippen LogP contribution is -2.56. The number of unbranched alkanes of at least 4 members (excludes halogenated alkanes) is 1. The van der Waals surface area contributed by atoms with Crippen molar-refractivity contribution in [3.8, 4) is 0 Å². The van der Waals surface area contributed by atoms with Crippen LogP contribution in [0, 0.1) is 25.7 Å². The van der Waals surface area contributed by atoms with Crippen molar-refractivity contribution in [1.29, 1.82) is 0 Å². The normalized spacial score (nSPS) is 29.3. The van der Waals surface area contributed by atoms with E-state index in [2.05, 4.69) is 13.2 Å². The third-order valence-corrected chi connectivity index (χ3v) is 8.35. The molecule has 0 aromatic heterocycles. The molecule has 2 bridgehead atoms. The molecule has 3 aliphatic heterocycles. The van der Waals surface area contributed by atoms with E-state index in [4.69, 9.17) is 9.47 Å². The maximum Gasteiger partial charge on any atom is 0.312 e. The van der Waals surface area contributed by atoms with E-state index in [1.54, 1.807) is 17.1 Å². The number of hydrogen-bond acceptors (Lipinski definition) is 6. The summed E-state index contributed by atoms with van der Waals surface area (Å²) in [5.74, 6) is -2.62. The number of likely N-dealkylation sites (tertiary alicyclic amines) is 1. The summed E-state index contributed by atoms with van der Waals surface area (Å²) >= 11 is 0. The number of esters is 1. The number of benzene rings is 1. The van der Waals surface area contributed by atoms with Crippen molar-refractivity contribution in [3.05, 3.63) is 54.6 Å². The van der Waals surface area contributed by atoms with Crippen LogP contribution < -0.4 is 4.90 Å². The van der Waals surface area contributed by atoms with Gasteiger partial charge in [0.1, 0.15) is 17.6 Å². The number of aliphatic hydroxyl groups is 1. The largest absolute Gasteiger partial charge is 0.465 e. The van der Waals surface area contributed by atoms with Crippen molar-refractivity contribution < 1.29 is 29.0 Å². The highest BCUT2D eigenvalue weighted by Gasteiger charge is 2.78. The first-order valence-corrected chi connectivity index (χ1v) is 13.5. The second-order valence-electron chi connectivity index (χ2n) is 11.0. The molecular formula is C30H40N2O6. The minimum absolute atomic E-state index is 0.122. The lowest BCUT2D eigenvalue weighted by atomic mass is 9.66. The Hall–Kier alpha value is -2.97. The highest BCUT2D eigenvalue weighted by molar-refractivity contribution is 6.05. The summed E-state index contributed by atoms with van der Waals surface area (Å²) in [6.45, 7) is 13.9. The fraction of sp³-hybridized carbons (Fsp3) is 0.567. The maximum atomic E-state index is 14.5. The summed E-state index contributed by atoms with van der Waals surface area (Å²) in [6, 6.07) is 4.99. The molecule has 5 atom stereocenters. The molecule has 4 rings (SSSR count). The fourth-order valence-corrected chi connectivity index (χ4v) is 6.63. The molecule has 0 radical (unpaired) electrons. The molecule has 0 saturated carbocycles. The fourth-order valence-electron chi connectivity index (χ4n) is 6.63.